The zero-order valence-corrected chi connectivity index (χ0v) is 26.6. The van der Waals surface area contributed by atoms with E-state index in [0.29, 0.717) is 18.7 Å². The number of urea groups is 1. The Balaban J connectivity index is 1.65. The molecule has 44 heavy (non-hydrogen) atoms. The number of aryl methyl sites for hydroxylation is 1. The van der Waals surface area contributed by atoms with Gasteiger partial charge in [0.05, 0.1) is 17.3 Å². The Morgan fingerprint density at radius 3 is 2.36 bits per heavy atom. The maximum atomic E-state index is 12.8. The van der Waals surface area contributed by atoms with E-state index < -0.39 is 16.1 Å². The van der Waals surface area contributed by atoms with Crippen LogP contribution in [-0.4, -0.2) is 49.9 Å². The first-order chi connectivity index (χ1) is 21.1. The molecule has 3 amide bonds. The lowest BCUT2D eigenvalue weighted by atomic mass is 10.0. The first-order valence-electron chi connectivity index (χ1n) is 15.0. The van der Waals surface area contributed by atoms with Gasteiger partial charge in [-0.3, -0.25) is 4.90 Å². The van der Waals surface area contributed by atoms with E-state index in [9.17, 15) is 18.0 Å². The highest BCUT2D eigenvalue weighted by molar-refractivity contribution is 7.89. The van der Waals surface area contributed by atoms with Crippen LogP contribution in [0.4, 0.5) is 15.3 Å². The van der Waals surface area contributed by atoms with Crippen LogP contribution < -0.4 is 19.7 Å². The second kappa shape index (κ2) is 14.9. The fraction of sp³-hybridized carbons (Fsp3) is 0.364. The molecule has 0 unspecified atom stereocenters. The average Bonchev–Trinajstić information content (AvgIpc) is 3.33. The molecule has 0 saturated heterocycles. The number of rotatable bonds is 13. The molecule has 10 nitrogen and oxygen atoms in total. The van der Waals surface area contributed by atoms with Crippen molar-refractivity contribution in [2.24, 2.45) is 0 Å². The van der Waals surface area contributed by atoms with Crippen molar-refractivity contribution in [3.8, 4) is 16.9 Å². The second-order valence-electron chi connectivity index (χ2n) is 10.8. The molecule has 2 N–H and O–H groups in total. The van der Waals surface area contributed by atoms with Crippen LogP contribution >= 0.6 is 0 Å². The minimum atomic E-state index is -3.75. The van der Waals surface area contributed by atoms with E-state index in [1.54, 1.807) is 24.1 Å². The van der Waals surface area contributed by atoms with E-state index in [0.717, 1.165) is 78.5 Å². The first kappa shape index (κ1) is 32.5. The zero-order valence-electron chi connectivity index (χ0n) is 25.8. The summed E-state index contributed by atoms with van der Waals surface area (Å²) in [6, 6.07) is 20.8. The highest BCUT2D eigenvalue weighted by atomic mass is 32.2. The SMILES string of the molecule is CCCCCN(C(=O)NC)c1ccc2nc(CCCC)n(Cc3ccc(-c4ccccc4OC(=O)NS(C)(=O)=O)cc3)c2c1. The molecule has 0 spiro atoms. The molecule has 0 aliphatic heterocycles. The number of nitrogens with zero attached hydrogens (tertiary/aromatic N) is 3. The van der Waals surface area contributed by atoms with E-state index in [1.807, 2.05) is 53.3 Å². The fourth-order valence-corrected chi connectivity index (χ4v) is 5.42. The van der Waals surface area contributed by atoms with Gasteiger partial charge < -0.3 is 14.6 Å². The van der Waals surface area contributed by atoms with Crippen molar-refractivity contribution in [3.05, 3.63) is 78.1 Å². The Labute approximate surface area is 259 Å². The number of imidazole rings is 1. The van der Waals surface area contributed by atoms with Gasteiger partial charge in [-0.15, -0.1) is 0 Å². The third-order valence-corrected chi connectivity index (χ3v) is 7.82. The summed E-state index contributed by atoms with van der Waals surface area (Å²) in [6.07, 6.45) is 5.78. The quantitative estimate of drug-likeness (QED) is 0.165. The Hall–Kier alpha value is -4.38. The summed E-state index contributed by atoms with van der Waals surface area (Å²) in [7, 11) is -2.10. The topological polar surface area (TPSA) is 123 Å². The second-order valence-corrected chi connectivity index (χ2v) is 12.5. The number of hydrogen-bond donors (Lipinski definition) is 2. The van der Waals surface area contributed by atoms with Crippen molar-refractivity contribution in [1.29, 1.82) is 0 Å². The highest BCUT2D eigenvalue weighted by Gasteiger charge is 2.18. The lowest BCUT2D eigenvalue weighted by Crippen LogP contribution is -2.38. The third-order valence-electron chi connectivity index (χ3n) is 7.28. The number of anilines is 1. The van der Waals surface area contributed by atoms with Gasteiger partial charge >= 0.3 is 12.1 Å². The van der Waals surface area contributed by atoms with Gasteiger partial charge in [0, 0.05) is 37.8 Å². The van der Waals surface area contributed by atoms with Crippen molar-refractivity contribution in [2.75, 3.05) is 24.7 Å². The van der Waals surface area contributed by atoms with Gasteiger partial charge in [-0.2, -0.15) is 0 Å². The molecule has 0 saturated carbocycles. The fourth-order valence-electron chi connectivity index (χ4n) is 5.07. The summed E-state index contributed by atoms with van der Waals surface area (Å²) in [6.45, 7) is 5.53. The molecule has 0 aliphatic carbocycles. The summed E-state index contributed by atoms with van der Waals surface area (Å²) in [4.78, 5) is 31.6. The van der Waals surface area contributed by atoms with E-state index in [4.69, 9.17) is 9.72 Å². The maximum absolute atomic E-state index is 12.8. The number of amides is 3. The molecule has 234 valence electrons. The normalized spacial score (nSPS) is 11.4. The average molecular weight is 620 g/mol. The number of benzene rings is 3. The van der Waals surface area contributed by atoms with Crippen LogP contribution in [0.15, 0.2) is 66.7 Å². The Bertz CT molecular complexity index is 1700. The van der Waals surface area contributed by atoms with E-state index >= 15 is 0 Å². The third kappa shape index (κ3) is 8.37. The van der Waals surface area contributed by atoms with Crippen LogP contribution in [0, 0.1) is 0 Å². The number of para-hydroxylation sites is 1. The van der Waals surface area contributed by atoms with Crippen LogP contribution in [0.5, 0.6) is 5.75 Å². The van der Waals surface area contributed by atoms with Crippen LogP contribution in [0.3, 0.4) is 0 Å². The number of unbranched alkanes of at least 4 members (excludes halogenated alkanes) is 3. The molecule has 11 heteroatoms. The molecule has 4 aromatic rings. The minimum Gasteiger partial charge on any atom is -0.409 e. The van der Waals surface area contributed by atoms with Crippen LogP contribution in [0.1, 0.15) is 57.3 Å². The van der Waals surface area contributed by atoms with Crippen LogP contribution in [-0.2, 0) is 23.0 Å². The van der Waals surface area contributed by atoms with Gasteiger partial charge in [-0.05, 0) is 48.2 Å². The lowest BCUT2D eigenvalue weighted by molar-refractivity contribution is 0.207. The summed E-state index contributed by atoms with van der Waals surface area (Å²) in [5.41, 5.74) is 5.21. The molecule has 0 fully saturated rings. The number of fused-ring (bicyclic) bond motifs is 1. The van der Waals surface area contributed by atoms with Gasteiger partial charge in [-0.1, -0.05) is 75.6 Å². The smallest absolute Gasteiger partial charge is 0.409 e. The van der Waals surface area contributed by atoms with Gasteiger partial charge in [0.15, 0.2) is 0 Å². The van der Waals surface area contributed by atoms with Crippen LogP contribution in [0.25, 0.3) is 22.2 Å². The highest BCUT2D eigenvalue weighted by Crippen LogP contribution is 2.31. The first-order valence-corrected chi connectivity index (χ1v) is 16.9. The van der Waals surface area contributed by atoms with Crippen molar-refractivity contribution < 1.29 is 22.7 Å². The molecule has 1 heterocycles. The van der Waals surface area contributed by atoms with Crippen molar-refractivity contribution in [2.45, 2.75) is 58.9 Å². The molecule has 1 aromatic heterocycles. The van der Waals surface area contributed by atoms with E-state index in [-0.39, 0.29) is 11.8 Å². The number of nitrogens with one attached hydrogen (secondary N) is 2. The Morgan fingerprint density at radius 1 is 0.955 bits per heavy atom. The molecule has 0 aliphatic rings. The van der Waals surface area contributed by atoms with Crippen molar-refractivity contribution >= 4 is 38.9 Å². The molecular weight excluding hydrogens is 578 g/mol. The maximum Gasteiger partial charge on any atom is 0.426 e. The number of carbonyl (C=O) groups is 2. The van der Waals surface area contributed by atoms with Gasteiger partial charge in [0.1, 0.15) is 11.6 Å². The largest absolute Gasteiger partial charge is 0.426 e. The lowest BCUT2D eigenvalue weighted by Gasteiger charge is -2.22. The number of ether oxygens (including phenoxy) is 1. The minimum absolute atomic E-state index is 0.133. The predicted molar refractivity (Wildman–Crippen MR) is 175 cm³/mol. The number of sulfonamides is 1. The molecule has 0 radical (unpaired) electrons. The van der Waals surface area contributed by atoms with Crippen LogP contribution in [0.2, 0.25) is 0 Å². The van der Waals surface area contributed by atoms with Crippen molar-refractivity contribution in [3.63, 3.8) is 0 Å². The van der Waals surface area contributed by atoms with Gasteiger partial charge in [-0.25, -0.2) is 27.7 Å². The molecular formula is C33H41N5O5S. The zero-order chi connectivity index (χ0) is 31.7. The Kier molecular flexibility index (Phi) is 11.0. The van der Waals surface area contributed by atoms with Crippen molar-refractivity contribution in [1.82, 2.24) is 19.6 Å². The monoisotopic (exact) mass is 619 g/mol. The standard InChI is InChI=1S/C33H41N5O5S/c1-5-7-11-21-37(32(39)34-3)26-19-20-28-29(22-26)38(31(35-28)14-8-6-2)23-24-15-17-25(18-16-24)27-12-9-10-13-30(27)43-33(40)36-44(4,41)42/h9-10,12-13,15-20,22H,5-8,11,14,21,23H2,1-4H3,(H,34,39)(H,36,40). The van der Waals surface area contributed by atoms with Gasteiger partial charge in [0.25, 0.3) is 0 Å². The van der Waals surface area contributed by atoms with Gasteiger partial charge in [0.2, 0.25) is 10.0 Å². The number of hydrogen-bond acceptors (Lipinski definition) is 6. The summed E-state index contributed by atoms with van der Waals surface area (Å²) >= 11 is 0. The summed E-state index contributed by atoms with van der Waals surface area (Å²) < 4.78 is 32.2. The van der Waals surface area contributed by atoms with E-state index in [2.05, 4.69) is 29.8 Å². The summed E-state index contributed by atoms with van der Waals surface area (Å²) in [5.74, 6) is 1.24. The molecule has 0 bridgehead atoms. The van der Waals surface area contributed by atoms with E-state index in [1.165, 1.54) is 0 Å². The molecule has 4 rings (SSSR count). The Morgan fingerprint density at radius 2 is 1.68 bits per heavy atom. The molecule has 0 atom stereocenters. The predicted octanol–water partition coefficient (Wildman–Crippen LogP) is 6.48. The summed E-state index contributed by atoms with van der Waals surface area (Å²) in [5, 5.41) is 2.78. The number of aromatic nitrogens is 2. The number of carbonyl (C=O) groups excluding carboxylic acids is 2. The molecule has 3 aromatic carbocycles.